The molecular formula is C14H15N2. The van der Waals surface area contributed by atoms with Crippen LogP contribution < -0.4 is 10.6 Å². The fourth-order valence-electron chi connectivity index (χ4n) is 1.65. The lowest BCUT2D eigenvalue weighted by atomic mass is 10.2. The van der Waals surface area contributed by atoms with Crippen LogP contribution in [0.3, 0.4) is 0 Å². The van der Waals surface area contributed by atoms with Crippen LogP contribution in [-0.4, -0.2) is 6.67 Å². The van der Waals surface area contributed by atoms with Crippen molar-refractivity contribution in [1.82, 2.24) is 0 Å². The molecule has 2 nitrogen and oxygen atoms in total. The molecule has 2 rings (SSSR count). The Morgan fingerprint density at radius 1 is 1.00 bits per heavy atom. The predicted octanol–water partition coefficient (Wildman–Crippen LogP) is 2.41. The molecule has 81 valence electrons. The molecule has 2 N–H and O–H groups in total. The topological polar surface area (TPSA) is 29.3 Å². The summed E-state index contributed by atoms with van der Waals surface area (Å²) >= 11 is 0. The summed E-state index contributed by atoms with van der Waals surface area (Å²) in [5.74, 6) is 0. The molecule has 0 aliphatic heterocycles. The smallest absolute Gasteiger partial charge is 0.0660 e. The van der Waals surface area contributed by atoms with E-state index < -0.39 is 0 Å². The van der Waals surface area contributed by atoms with Crippen molar-refractivity contribution in [3.63, 3.8) is 0 Å². The Morgan fingerprint density at radius 3 is 2.31 bits per heavy atom. The van der Waals surface area contributed by atoms with Crippen molar-refractivity contribution < 1.29 is 0 Å². The maximum absolute atomic E-state index is 5.77. The third-order valence-corrected chi connectivity index (χ3v) is 2.50. The second-order valence-electron chi connectivity index (χ2n) is 3.62. The van der Waals surface area contributed by atoms with Gasteiger partial charge in [-0.05, 0) is 23.8 Å². The summed E-state index contributed by atoms with van der Waals surface area (Å²) in [6.45, 7) is 1.35. The van der Waals surface area contributed by atoms with Crippen LogP contribution in [-0.2, 0) is 6.54 Å². The lowest BCUT2D eigenvalue weighted by Gasteiger charge is -2.22. The van der Waals surface area contributed by atoms with Gasteiger partial charge in [0.15, 0.2) is 0 Å². The zero-order valence-electron chi connectivity index (χ0n) is 9.13. The molecule has 2 aromatic carbocycles. The molecule has 0 fully saturated rings. The van der Waals surface area contributed by atoms with Crippen LogP contribution in [0, 0.1) is 6.07 Å². The van der Waals surface area contributed by atoms with E-state index in [4.69, 9.17) is 5.73 Å². The summed E-state index contributed by atoms with van der Waals surface area (Å²) in [6.07, 6.45) is 0. The van der Waals surface area contributed by atoms with Gasteiger partial charge in [-0.25, -0.2) is 0 Å². The van der Waals surface area contributed by atoms with Gasteiger partial charge in [-0.1, -0.05) is 42.5 Å². The van der Waals surface area contributed by atoms with Crippen LogP contribution in [0.25, 0.3) is 0 Å². The van der Waals surface area contributed by atoms with Crippen molar-refractivity contribution in [2.75, 3.05) is 11.6 Å². The van der Waals surface area contributed by atoms with Gasteiger partial charge < -0.3 is 10.6 Å². The normalized spacial score (nSPS) is 10.1. The lowest BCUT2D eigenvalue weighted by molar-refractivity contribution is 0.812. The molecule has 0 saturated carbocycles. The molecule has 2 aromatic rings. The number of hydrogen-bond donors (Lipinski definition) is 1. The summed E-state index contributed by atoms with van der Waals surface area (Å²) < 4.78 is 0. The fourth-order valence-corrected chi connectivity index (χ4v) is 1.65. The van der Waals surface area contributed by atoms with E-state index in [9.17, 15) is 0 Å². The third kappa shape index (κ3) is 2.61. The van der Waals surface area contributed by atoms with E-state index >= 15 is 0 Å². The molecule has 0 aromatic heterocycles. The second kappa shape index (κ2) is 5.33. The van der Waals surface area contributed by atoms with Crippen LogP contribution in [0.4, 0.5) is 5.69 Å². The molecule has 0 spiro atoms. The van der Waals surface area contributed by atoms with Gasteiger partial charge >= 0.3 is 0 Å². The van der Waals surface area contributed by atoms with E-state index in [1.54, 1.807) is 0 Å². The molecule has 0 atom stereocenters. The van der Waals surface area contributed by atoms with Gasteiger partial charge in [-0.15, -0.1) is 0 Å². The van der Waals surface area contributed by atoms with Gasteiger partial charge in [-0.3, -0.25) is 0 Å². The number of nitrogens with zero attached hydrogens (tertiary/aromatic N) is 1. The van der Waals surface area contributed by atoms with Crippen LogP contribution in [0.5, 0.6) is 0 Å². The third-order valence-electron chi connectivity index (χ3n) is 2.50. The zero-order chi connectivity index (χ0) is 11.2. The standard InChI is InChI=1S/C14H15N2/c15-12-16(14-9-5-2-6-10-14)11-13-7-3-1-4-8-13/h1,3-10H,11-12,15H2. The largest absolute Gasteiger partial charge is 0.355 e. The van der Waals surface area contributed by atoms with Crippen molar-refractivity contribution >= 4 is 5.69 Å². The summed E-state index contributed by atoms with van der Waals surface area (Å²) in [4.78, 5) is 2.13. The molecule has 16 heavy (non-hydrogen) atoms. The molecule has 0 aliphatic rings. The Labute approximate surface area is 96.3 Å². The first-order valence-electron chi connectivity index (χ1n) is 5.35. The minimum atomic E-state index is 0.513. The highest BCUT2D eigenvalue weighted by Gasteiger charge is 2.03. The SMILES string of the molecule is NCN(Cc1ccccc1)c1cc[c]cc1. The summed E-state index contributed by atoms with van der Waals surface area (Å²) in [6, 6.07) is 21.2. The van der Waals surface area contributed by atoms with Gasteiger partial charge in [-0.2, -0.15) is 0 Å². The molecule has 0 aliphatic carbocycles. The Morgan fingerprint density at radius 2 is 1.69 bits per heavy atom. The van der Waals surface area contributed by atoms with Crippen molar-refractivity contribution in [1.29, 1.82) is 0 Å². The van der Waals surface area contributed by atoms with Crippen LogP contribution in [0.2, 0.25) is 0 Å². The number of nitrogens with two attached hydrogens (primary N) is 1. The van der Waals surface area contributed by atoms with Crippen LogP contribution in [0.1, 0.15) is 5.56 Å². The second-order valence-corrected chi connectivity index (χ2v) is 3.62. The number of rotatable bonds is 4. The van der Waals surface area contributed by atoms with Crippen molar-refractivity contribution in [2.24, 2.45) is 5.73 Å². The molecule has 0 saturated heterocycles. The Kier molecular flexibility index (Phi) is 3.57. The summed E-state index contributed by atoms with van der Waals surface area (Å²) in [5.41, 5.74) is 8.16. The van der Waals surface area contributed by atoms with Crippen LogP contribution in [0.15, 0.2) is 54.6 Å². The van der Waals surface area contributed by atoms with Crippen molar-refractivity contribution in [2.45, 2.75) is 6.54 Å². The molecule has 0 bridgehead atoms. The van der Waals surface area contributed by atoms with E-state index in [0.717, 1.165) is 12.2 Å². The van der Waals surface area contributed by atoms with E-state index in [2.05, 4.69) is 23.1 Å². The predicted molar refractivity (Wildman–Crippen MR) is 67.0 cm³/mol. The summed E-state index contributed by atoms with van der Waals surface area (Å²) in [5, 5.41) is 0. The van der Waals surface area contributed by atoms with E-state index in [1.807, 2.05) is 42.5 Å². The van der Waals surface area contributed by atoms with Crippen LogP contribution >= 0.6 is 0 Å². The first-order chi connectivity index (χ1) is 7.90. The summed E-state index contributed by atoms with van der Waals surface area (Å²) in [7, 11) is 0. The quantitative estimate of drug-likeness (QED) is 0.787. The molecule has 0 heterocycles. The van der Waals surface area contributed by atoms with Gasteiger partial charge in [0.2, 0.25) is 0 Å². The molecule has 0 unspecified atom stereocenters. The molecule has 2 heteroatoms. The Balaban J connectivity index is 2.13. The minimum absolute atomic E-state index is 0.513. The van der Waals surface area contributed by atoms with E-state index in [1.165, 1.54) is 5.56 Å². The highest BCUT2D eigenvalue weighted by atomic mass is 15.2. The number of benzene rings is 2. The van der Waals surface area contributed by atoms with E-state index in [-0.39, 0.29) is 0 Å². The number of anilines is 1. The maximum atomic E-state index is 5.77. The minimum Gasteiger partial charge on any atom is -0.355 e. The number of hydrogen-bond acceptors (Lipinski definition) is 2. The maximum Gasteiger partial charge on any atom is 0.0660 e. The van der Waals surface area contributed by atoms with E-state index in [0.29, 0.717) is 6.67 Å². The Bertz CT molecular complexity index is 411. The highest BCUT2D eigenvalue weighted by molar-refractivity contribution is 5.46. The van der Waals surface area contributed by atoms with Gasteiger partial charge in [0.25, 0.3) is 0 Å². The molecule has 0 amide bonds. The van der Waals surface area contributed by atoms with Gasteiger partial charge in [0.1, 0.15) is 0 Å². The molecular weight excluding hydrogens is 196 g/mol. The average molecular weight is 211 g/mol. The fraction of sp³-hybridized carbons (Fsp3) is 0.143. The highest BCUT2D eigenvalue weighted by Crippen LogP contribution is 2.14. The lowest BCUT2D eigenvalue weighted by Crippen LogP contribution is -2.29. The first kappa shape index (κ1) is 10.7. The van der Waals surface area contributed by atoms with Crippen molar-refractivity contribution in [3.05, 3.63) is 66.2 Å². The van der Waals surface area contributed by atoms with Gasteiger partial charge in [0, 0.05) is 12.2 Å². The monoisotopic (exact) mass is 211 g/mol. The molecule has 1 radical (unpaired) electrons. The average Bonchev–Trinajstić information content (AvgIpc) is 2.38. The van der Waals surface area contributed by atoms with Crippen molar-refractivity contribution in [3.8, 4) is 0 Å². The van der Waals surface area contributed by atoms with Gasteiger partial charge in [0.05, 0.1) is 6.67 Å². The Hall–Kier alpha value is -1.80. The first-order valence-corrected chi connectivity index (χ1v) is 5.35. The zero-order valence-corrected chi connectivity index (χ0v) is 9.13.